The van der Waals surface area contributed by atoms with Crippen molar-refractivity contribution in [2.75, 3.05) is 0 Å². The van der Waals surface area contributed by atoms with Gasteiger partial charge < -0.3 is 0 Å². The molecule has 19 heavy (non-hydrogen) atoms. The average Bonchev–Trinajstić information content (AvgIpc) is 3.01. The number of benzene rings is 1. The topological polar surface area (TPSA) is 78.2 Å². The van der Waals surface area contributed by atoms with E-state index in [9.17, 15) is 5.26 Å². The largest absolute Gasteiger partial charge is 0.285 e. The molecule has 0 saturated carbocycles. The van der Waals surface area contributed by atoms with Gasteiger partial charge in [-0.3, -0.25) is 5.10 Å². The van der Waals surface area contributed by atoms with Crippen molar-refractivity contribution in [3.63, 3.8) is 0 Å². The Labute approximate surface area is 109 Å². The van der Waals surface area contributed by atoms with E-state index in [-0.39, 0.29) is 0 Å². The van der Waals surface area contributed by atoms with E-state index in [4.69, 9.17) is 0 Å². The molecule has 5 heteroatoms. The Morgan fingerprint density at radius 2 is 2.16 bits per heavy atom. The quantitative estimate of drug-likeness (QED) is 0.754. The molecule has 0 aliphatic heterocycles. The molecule has 0 radical (unpaired) electrons. The molecule has 0 fully saturated rings. The SMILES string of the molecule is N#Cc1cccc(-c2ccncn2)c1-c1cn[nH]c1. The molecule has 5 nitrogen and oxygen atoms in total. The molecule has 0 bridgehead atoms. The van der Waals surface area contributed by atoms with Crippen molar-refractivity contribution in [1.29, 1.82) is 5.26 Å². The summed E-state index contributed by atoms with van der Waals surface area (Å²) in [7, 11) is 0. The second-order valence-corrected chi connectivity index (χ2v) is 3.92. The predicted octanol–water partition coefficient (Wildman–Crippen LogP) is 2.41. The van der Waals surface area contributed by atoms with E-state index in [1.54, 1.807) is 24.7 Å². The van der Waals surface area contributed by atoms with Crippen molar-refractivity contribution in [3.8, 4) is 28.5 Å². The summed E-state index contributed by atoms with van der Waals surface area (Å²) < 4.78 is 0. The van der Waals surface area contributed by atoms with Crippen LogP contribution in [0.5, 0.6) is 0 Å². The summed E-state index contributed by atoms with van der Waals surface area (Å²) in [5.41, 5.74) is 3.96. The third kappa shape index (κ3) is 1.96. The molecule has 3 rings (SSSR count). The smallest absolute Gasteiger partial charge is 0.116 e. The Bertz CT molecular complexity index is 726. The van der Waals surface area contributed by atoms with Crippen molar-refractivity contribution in [2.24, 2.45) is 0 Å². The Hall–Kier alpha value is -3.00. The molecule has 3 aromatic rings. The Kier molecular flexibility index (Phi) is 2.75. The summed E-state index contributed by atoms with van der Waals surface area (Å²) in [5, 5.41) is 16.0. The van der Waals surface area contributed by atoms with Crippen LogP contribution < -0.4 is 0 Å². The van der Waals surface area contributed by atoms with E-state index in [1.165, 1.54) is 6.33 Å². The number of rotatable bonds is 2. The molecule has 1 N–H and O–H groups in total. The van der Waals surface area contributed by atoms with Gasteiger partial charge in [0.2, 0.25) is 0 Å². The summed E-state index contributed by atoms with van der Waals surface area (Å²) in [6.07, 6.45) is 6.63. The average molecular weight is 247 g/mol. The van der Waals surface area contributed by atoms with Gasteiger partial charge in [-0.25, -0.2) is 9.97 Å². The zero-order valence-electron chi connectivity index (χ0n) is 9.91. The number of aromatic amines is 1. The first-order valence-electron chi connectivity index (χ1n) is 5.69. The highest BCUT2D eigenvalue weighted by Gasteiger charge is 2.13. The van der Waals surface area contributed by atoms with Crippen molar-refractivity contribution >= 4 is 0 Å². The second kappa shape index (κ2) is 4.70. The maximum Gasteiger partial charge on any atom is 0.116 e. The third-order valence-corrected chi connectivity index (χ3v) is 2.83. The van der Waals surface area contributed by atoms with E-state index < -0.39 is 0 Å². The van der Waals surface area contributed by atoms with Gasteiger partial charge in [0.15, 0.2) is 0 Å². The van der Waals surface area contributed by atoms with Crippen LogP contribution in [0.3, 0.4) is 0 Å². The van der Waals surface area contributed by atoms with Crippen LogP contribution in [0.4, 0.5) is 0 Å². The summed E-state index contributed by atoms with van der Waals surface area (Å²) >= 11 is 0. The number of nitrogens with one attached hydrogen (secondary N) is 1. The molecule has 0 spiro atoms. The number of hydrogen-bond acceptors (Lipinski definition) is 4. The second-order valence-electron chi connectivity index (χ2n) is 3.92. The fraction of sp³-hybridized carbons (Fsp3) is 0. The van der Waals surface area contributed by atoms with Gasteiger partial charge in [0.25, 0.3) is 0 Å². The molecule has 90 valence electrons. The maximum absolute atomic E-state index is 9.28. The minimum Gasteiger partial charge on any atom is -0.285 e. The molecule has 1 aromatic carbocycles. The van der Waals surface area contributed by atoms with Crippen molar-refractivity contribution in [3.05, 3.63) is 54.7 Å². The summed E-state index contributed by atoms with van der Waals surface area (Å²) in [6.45, 7) is 0. The zero-order chi connectivity index (χ0) is 13.1. The molecular weight excluding hydrogens is 238 g/mol. The Morgan fingerprint density at radius 3 is 2.84 bits per heavy atom. The van der Waals surface area contributed by atoms with Gasteiger partial charge in [0, 0.05) is 29.1 Å². The lowest BCUT2D eigenvalue weighted by molar-refractivity contribution is 1.09. The van der Waals surface area contributed by atoms with Crippen LogP contribution in [0.15, 0.2) is 49.2 Å². The number of aromatic nitrogens is 4. The Morgan fingerprint density at radius 1 is 1.21 bits per heavy atom. The third-order valence-electron chi connectivity index (χ3n) is 2.83. The van der Waals surface area contributed by atoms with Crippen LogP contribution in [0.2, 0.25) is 0 Å². The highest BCUT2D eigenvalue weighted by atomic mass is 15.1. The van der Waals surface area contributed by atoms with Gasteiger partial charge in [-0.2, -0.15) is 10.4 Å². The molecule has 2 heterocycles. The van der Waals surface area contributed by atoms with Crippen LogP contribution >= 0.6 is 0 Å². The van der Waals surface area contributed by atoms with Gasteiger partial charge in [-0.05, 0) is 12.1 Å². The van der Waals surface area contributed by atoms with Crippen molar-refractivity contribution < 1.29 is 0 Å². The van der Waals surface area contributed by atoms with Crippen molar-refractivity contribution in [2.45, 2.75) is 0 Å². The number of hydrogen-bond donors (Lipinski definition) is 1. The van der Waals surface area contributed by atoms with E-state index in [0.29, 0.717) is 5.56 Å². The normalized spacial score (nSPS) is 10.1. The van der Waals surface area contributed by atoms with E-state index >= 15 is 0 Å². The van der Waals surface area contributed by atoms with Crippen LogP contribution in [-0.4, -0.2) is 20.2 Å². The molecular formula is C14H9N5. The maximum atomic E-state index is 9.28. The molecule has 0 atom stereocenters. The highest BCUT2D eigenvalue weighted by Crippen LogP contribution is 2.32. The number of H-pyrrole nitrogens is 1. The first kappa shape index (κ1) is 11.1. The molecule has 0 amide bonds. The van der Waals surface area contributed by atoms with E-state index in [0.717, 1.165) is 22.4 Å². The molecule has 2 aromatic heterocycles. The monoisotopic (exact) mass is 247 g/mol. The fourth-order valence-corrected chi connectivity index (χ4v) is 2.01. The number of nitriles is 1. The van der Waals surface area contributed by atoms with Gasteiger partial charge in [-0.1, -0.05) is 12.1 Å². The lowest BCUT2D eigenvalue weighted by Gasteiger charge is -2.08. The lowest BCUT2D eigenvalue weighted by Crippen LogP contribution is -1.91. The van der Waals surface area contributed by atoms with Crippen LogP contribution in [0.25, 0.3) is 22.4 Å². The fourth-order valence-electron chi connectivity index (χ4n) is 2.01. The minimum atomic E-state index is 0.595. The van der Waals surface area contributed by atoms with Crippen molar-refractivity contribution in [1.82, 2.24) is 20.2 Å². The predicted molar refractivity (Wildman–Crippen MR) is 69.8 cm³/mol. The molecule has 0 aliphatic carbocycles. The molecule has 0 saturated heterocycles. The summed E-state index contributed by atoms with van der Waals surface area (Å²) in [6, 6.07) is 9.60. The summed E-state index contributed by atoms with van der Waals surface area (Å²) in [5.74, 6) is 0. The zero-order valence-corrected chi connectivity index (χ0v) is 9.91. The number of nitrogens with zero attached hydrogens (tertiary/aromatic N) is 4. The van der Waals surface area contributed by atoms with Gasteiger partial charge in [-0.15, -0.1) is 0 Å². The van der Waals surface area contributed by atoms with Gasteiger partial charge >= 0.3 is 0 Å². The lowest BCUT2D eigenvalue weighted by atomic mass is 9.95. The minimum absolute atomic E-state index is 0.595. The molecule has 0 aliphatic rings. The van der Waals surface area contributed by atoms with Crippen LogP contribution in [0, 0.1) is 11.3 Å². The summed E-state index contributed by atoms with van der Waals surface area (Å²) in [4.78, 5) is 8.16. The van der Waals surface area contributed by atoms with E-state index in [2.05, 4.69) is 26.2 Å². The van der Waals surface area contributed by atoms with Crippen LogP contribution in [-0.2, 0) is 0 Å². The highest BCUT2D eigenvalue weighted by molar-refractivity contribution is 5.85. The Balaban J connectivity index is 2.29. The first-order valence-corrected chi connectivity index (χ1v) is 5.69. The van der Waals surface area contributed by atoms with Gasteiger partial charge in [0.05, 0.1) is 23.5 Å². The van der Waals surface area contributed by atoms with Gasteiger partial charge in [0.1, 0.15) is 6.33 Å². The first-order chi connectivity index (χ1) is 9.40. The van der Waals surface area contributed by atoms with Crippen LogP contribution in [0.1, 0.15) is 5.56 Å². The van der Waals surface area contributed by atoms with E-state index in [1.807, 2.05) is 18.2 Å². The molecule has 0 unspecified atom stereocenters. The standard InChI is InChI=1S/C14H9N5/c15-6-10-2-1-3-12(13-4-5-16-9-17-13)14(10)11-7-18-19-8-11/h1-5,7-9H,(H,18,19).